The van der Waals surface area contributed by atoms with Crippen LogP contribution in [-0.4, -0.2) is 166 Å². The number of likely N-dealkylation sites (tertiary alicyclic amines) is 1. The van der Waals surface area contributed by atoms with E-state index >= 15 is 0 Å². The van der Waals surface area contributed by atoms with Crippen LogP contribution >= 0.6 is 0 Å². The highest BCUT2D eigenvalue weighted by Crippen LogP contribution is 2.26. The number of hydrogen-bond donors (Lipinski definition) is 7. The molecule has 5 amide bonds. The Morgan fingerprint density at radius 2 is 0.970 bits per heavy atom. The first-order valence-corrected chi connectivity index (χ1v) is 36.2. The lowest BCUT2D eigenvalue weighted by Crippen LogP contribution is -2.55. The number of rotatable bonds is 24. The zero-order valence-electron chi connectivity index (χ0n) is 64.6. The number of nitrogens with zero attached hydrogens (tertiary/aromatic N) is 2. The van der Waals surface area contributed by atoms with E-state index in [1.807, 2.05) is 120 Å². The molecular weight excluding hydrogens is 1300 g/mol. The number of piperidine rings is 2. The number of nitrogens with one attached hydrogen (secondary N) is 7. The number of carbonyl (C=O) groups excluding carboxylic acids is 5. The second kappa shape index (κ2) is 44.8. The van der Waals surface area contributed by atoms with Gasteiger partial charge in [0.1, 0.15) is 28.0 Å². The van der Waals surface area contributed by atoms with Gasteiger partial charge in [-0.1, -0.05) is 136 Å². The van der Waals surface area contributed by atoms with Gasteiger partial charge in [0, 0.05) is 71.0 Å². The van der Waals surface area contributed by atoms with Gasteiger partial charge in [-0.3, -0.25) is 14.0 Å². The summed E-state index contributed by atoms with van der Waals surface area (Å²) in [6, 6.07) is 26.3. The molecule has 3 aromatic carbocycles. The quantitative estimate of drug-likeness (QED) is 0.0190. The third-order valence-corrected chi connectivity index (χ3v) is 16.3. The van der Waals surface area contributed by atoms with Gasteiger partial charge in [-0.15, -0.1) is 32.9 Å². The second-order valence-corrected chi connectivity index (χ2v) is 32.1. The van der Waals surface area contributed by atoms with E-state index in [-0.39, 0.29) is 47.9 Å². The Kier molecular flexibility index (Phi) is 40.5. The van der Waals surface area contributed by atoms with Crippen LogP contribution in [0.25, 0.3) is 0 Å². The number of hydrogen-bond acceptors (Lipinski definition) is 17. The summed E-state index contributed by atoms with van der Waals surface area (Å²) < 4.78 is 55.3. The monoisotopic (exact) mass is 1430 g/mol. The average Bonchev–Trinajstić information content (AvgIpc) is 0.842. The summed E-state index contributed by atoms with van der Waals surface area (Å²) in [7, 11) is -3.89. The molecule has 2 fully saturated rings. The molecule has 5 rings (SSSR count). The van der Waals surface area contributed by atoms with Gasteiger partial charge in [0.2, 0.25) is 0 Å². The Morgan fingerprint density at radius 3 is 1.42 bits per heavy atom. The zero-order valence-corrected chi connectivity index (χ0v) is 65.4. The molecule has 0 unspecified atom stereocenters. The highest BCUT2D eigenvalue weighted by Gasteiger charge is 2.34. The van der Waals surface area contributed by atoms with Crippen molar-refractivity contribution < 1.29 is 60.3 Å². The molecule has 23 heteroatoms. The minimum Gasteiger partial charge on any atom is -0.444 e. The lowest BCUT2D eigenvalue weighted by atomic mass is 9.84. The predicted octanol–water partition coefficient (Wildman–Crippen LogP) is 13.8. The molecular formula is C78H127N9O13S. The number of ether oxygens (including phenoxy) is 5. The normalized spacial score (nSPS) is 18.7. The molecule has 0 spiro atoms. The van der Waals surface area contributed by atoms with E-state index in [2.05, 4.69) is 144 Å². The van der Waals surface area contributed by atoms with Crippen molar-refractivity contribution >= 4 is 40.6 Å². The SMILES string of the molecule is C=CCN(Cc1ccccc1)C[C@H](C=C)NC(=O)OC(C)(C)C.C=CCNC[C@H](C=C)NC(=O)OC(C)(C)C.C=C[C@@H](COS(=O)(=O)c1ccc(C)cc1)NC(=O)OC(C)(C)C.C[C@@H]1[C@H](C)CN(Cc2ccccc2)C[C@H]1NC(=O)OC(C)(C)C.C[C@@H]1[C@H](C)CNC[C@H]1NC(=O)OC(C)(C)C. The maximum absolute atomic E-state index is 12.1. The third-order valence-electron chi connectivity index (χ3n) is 15.0. The average molecular weight is 1430 g/mol. The lowest BCUT2D eigenvalue weighted by Gasteiger charge is -2.41. The first-order valence-electron chi connectivity index (χ1n) is 34.8. The Hall–Kier alpha value is -7.54. The summed E-state index contributed by atoms with van der Waals surface area (Å²) >= 11 is 0. The number of amides is 5. The molecule has 3 aromatic rings. The van der Waals surface area contributed by atoms with Crippen LogP contribution in [0.15, 0.2) is 153 Å². The molecule has 7 N–H and O–H groups in total. The fourth-order valence-electron chi connectivity index (χ4n) is 9.67. The van der Waals surface area contributed by atoms with Crippen molar-refractivity contribution in [2.45, 2.75) is 215 Å². The topological polar surface area (TPSA) is 266 Å². The maximum atomic E-state index is 12.1. The number of alkyl carbamates (subject to hydrolysis) is 5. The minimum absolute atomic E-state index is 0.0585. The summed E-state index contributed by atoms with van der Waals surface area (Å²) in [5, 5.41) is 20.4. The fraction of sp³-hybridized carbons (Fsp3) is 0.577. The van der Waals surface area contributed by atoms with E-state index < -0.39 is 62.4 Å². The van der Waals surface area contributed by atoms with E-state index in [0.29, 0.717) is 43.3 Å². The predicted molar refractivity (Wildman–Crippen MR) is 407 cm³/mol. The highest BCUT2D eigenvalue weighted by atomic mass is 32.2. The number of aryl methyl sites for hydroxylation is 1. The highest BCUT2D eigenvalue weighted by molar-refractivity contribution is 7.86. The van der Waals surface area contributed by atoms with Gasteiger partial charge in [0.15, 0.2) is 0 Å². The molecule has 2 heterocycles. The van der Waals surface area contributed by atoms with Gasteiger partial charge >= 0.3 is 30.5 Å². The Morgan fingerprint density at radius 1 is 0.545 bits per heavy atom. The smallest absolute Gasteiger partial charge is 0.408 e. The summed E-state index contributed by atoms with van der Waals surface area (Å²) in [6.45, 7) is 64.5. The molecule has 0 radical (unpaired) electrons. The van der Waals surface area contributed by atoms with Gasteiger partial charge in [-0.2, -0.15) is 8.42 Å². The minimum atomic E-state index is -3.89. The van der Waals surface area contributed by atoms with Crippen LogP contribution in [0.5, 0.6) is 0 Å². The van der Waals surface area contributed by atoms with Gasteiger partial charge in [0.25, 0.3) is 10.1 Å². The summed E-state index contributed by atoms with van der Waals surface area (Å²) in [5.74, 6) is 2.03. The van der Waals surface area contributed by atoms with Crippen molar-refractivity contribution in [2.75, 3.05) is 59.0 Å². The van der Waals surface area contributed by atoms with Crippen LogP contribution in [0.2, 0.25) is 0 Å². The Balaban J connectivity index is 0.000000637. The molecule has 101 heavy (non-hydrogen) atoms. The van der Waals surface area contributed by atoms with E-state index in [4.69, 9.17) is 27.9 Å². The van der Waals surface area contributed by atoms with Crippen molar-refractivity contribution in [3.8, 4) is 0 Å². The summed E-state index contributed by atoms with van der Waals surface area (Å²) in [5.41, 5.74) is 0.938. The van der Waals surface area contributed by atoms with Crippen molar-refractivity contribution in [2.24, 2.45) is 23.7 Å². The molecule has 0 bridgehead atoms. The van der Waals surface area contributed by atoms with Crippen LogP contribution in [0.1, 0.15) is 148 Å². The van der Waals surface area contributed by atoms with Crippen LogP contribution in [0, 0.1) is 30.6 Å². The van der Waals surface area contributed by atoms with Crippen molar-refractivity contribution in [3.05, 3.63) is 165 Å². The molecule has 22 nitrogen and oxygen atoms in total. The van der Waals surface area contributed by atoms with Gasteiger partial charge in [-0.25, -0.2) is 24.0 Å². The maximum Gasteiger partial charge on any atom is 0.408 e. The summed E-state index contributed by atoms with van der Waals surface area (Å²) in [4.78, 5) is 63.4. The standard InChI is InChI=1S/C19H30N2O2.C19H28N2O2.C16H23NO5S.C12H24N2O2.C12H22N2O2/c1-14-11-21(12-16-9-7-6-8-10-16)13-17(15(14)2)20-18(22)23-19(3,4)5;1-6-13-21(14-16-11-9-8-10-12-16)15-17(7-2)20-18(22)23-19(3,4)5;1-6-13(17-15(18)22-16(3,4)5)11-21-23(19,20)14-9-7-12(2)8-10-14;1-8-6-13-7-10(9(8)2)14-11(15)16-12(3,4)5;1-6-8-13-9-10(7-2)14-11(15)16-12(3,4)5/h6-10,14-15,17H,11-13H2,1-5H3,(H,20,22);6-12,17H,1-2,13-15H2,3-5H3,(H,20,22);6-10,13H,1,11H2,2-5H3,(H,17,18);8-10,13H,6-7H2,1-5H3,(H,14,15);6-7,10,13H,1-2,8-9H2,3-5H3,(H,14,15)/t14-,15-,17-;17-;13-;8-,9-,10-;10-/m10010/s1. The molecule has 0 saturated carbocycles. The third kappa shape index (κ3) is 43.8. The van der Waals surface area contributed by atoms with Crippen LogP contribution in [-0.2, 0) is 51.1 Å². The second-order valence-electron chi connectivity index (χ2n) is 30.4. The number of benzene rings is 3. The Bertz CT molecular complexity index is 3080. The number of carbonyl (C=O) groups is 5. The van der Waals surface area contributed by atoms with Crippen LogP contribution < -0.4 is 37.2 Å². The fourth-order valence-corrected chi connectivity index (χ4v) is 10.6. The zero-order chi connectivity index (χ0) is 77.0. The van der Waals surface area contributed by atoms with Gasteiger partial charge in [0.05, 0.1) is 29.6 Å². The van der Waals surface area contributed by atoms with Crippen LogP contribution in [0.3, 0.4) is 0 Å². The van der Waals surface area contributed by atoms with E-state index in [1.165, 1.54) is 29.3 Å². The molecule has 9 atom stereocenters. The molecule has 2 saturated heterocycles. The van der Waals surface area contributed by atoms with E-state index in [0.717, 1.165) is 51.4 Å². The van der Waals surface area contributed by atoms with Crippen LogP contribution in [0.4, 0.5) is 24.0 Å². The van der Waals surface area contributed by atoms with Crippen molar-refractivity contribution in [1.82, 2.24) is 47.0 Å². The van der Waals surface area contributed by atoms with Crippen molar-refractivity contribution in [3.63, 3.8) is 0 Å². The first-order chi connectivity index (χ1) is 46.8. The molecule has 2 aliphatic rings. The largest absolute Gasteiger partial charge is 0.444 e. The molecule has 2 aliphatic heterocycles. The first kappa shape index (κ1) is 91.5. The van der Waals surface area contributed by atoms with Gasteiger partial charge < -0.3 is 60.9 Å². The van der Waals surface area contributed by atoms with E-state index in [1.54, 1.807) is 51.1 Å². The van der Waals surface area contributed by atoms with Gasteiger partial charge in [-0.05, 0) is 164 Å². The van der Waals surface area contributed by atoms with Crippen molar-refractivity contribution in [1.29, 1.82) is 0 Å². The lowest BCUT2D eigenvalue weighted by molar-refractivity contribution is 0.0373. The molecule has 0 aromatic heterocycles. The molecule has 0 aliphatic carbocycles. The molecule has 568 valence electrons. The van der Waals surface area contributed by atoms with E-state index in [9.17, 15) is 32.4 Å². The summed E-state index contributed by atoms with van der Waals surface area (Å²) in [6.07, 6.45) is 6.23. The Labute approximate surface area is 607 Å².